The third kappa shape index (κ3) is 6.88. The summed E-state index contributed by atoms with van der Waals surface area (Å²) in [6.45, 7) is 1.93. The van der Waals surface area contributed by atoms with E-state index in [2.05, 4.69) is 17.8 Å². The van der Waals surface area contributed by atoms with Gasteiger partial charge in [-0.2, -0.15) is 13.2 Å². The zero-order valence-corrected chi connectivity index (χ0v) is 16.1. The molecule has 2 aromatic carbocycles. The molecular weight excluding hydrogens is 385 g/mol. The van der Waals surface area contributed by atoms with E-state index in [0.717, 1.165) is 17.7 Å². The Hall–Kier alpha value is -2.54. The van der Waals surface area contributed by atoms with Gasteiger partial charge in [-0.3, -0.25) is 4.18 Å². The van der Waals surface area contributed by atoms with Crippen LogP contribution in [0.5, 0.6) is 0 Å². The third-order valence-electron chi connectivity index (χ3n) is 3.82. The number of hydrogen-bond donors (Lipinski definition) is 0. The van der Waals surface area contributed by atoms with Crippen LogP contribution in [-0.4, -0.2) is 10.3 Å². The van der Waals surface area contributed by atoms with Crippen LogP contribution in [0.15, 0.2) is 53.4 Å². The fourth-order valence-electron chi connectivity index (χ4n) is 2.25. The normalized spacial score (nSPS) is 13.1. The molecule has 0 fully saturated rings. The molecule has 2 unspecified atom stereocenters. The Kier molecular flexibility index (Phi) is 7.87. The van der Waals surface area contributed by atoms with E-state index in [1.165, 1.54) is 12.1 Å². The molecule has 0 aliphatic carbocycles. The van der Waals surface area contributed by atoms with E-state index in [-0.39, 0.29) is 0 Å². The molecule has 0 N–H and O–H groups in total. The number of benzene rings is 2. The SMILES string of the molecule is C#CC(CCCC#Cc1ccc(C(F)(F)F)cc1)OS(=O)c1ccc(C)cc1. The minimum atomic E-state index is -4.35. The second-order valence-corrected chi connectivity index (χ2v) is 7.20. The summed E-state index contributed by atoms with van der Waals surface area (Å²) in [4.78, 5) is 0.549. The van der Waals surface area contributed by atoms with Gasteiger partial charge in [0.15, 0.2) is 11.1 Å². The standard InChI is InChI=1S/C22H19F3O2S/c1-3-20(27-28(26)21-15-9-17(2)10-16-21)8-6-4-5-7-18-11-13-19(14-12-18)22(23,24)25/h1,9-16,20H,4,6,8H2,2H3. The number of hydrogen-bond acceptors (Lipinski definition) is 2. The lowest BCUT2D eigenvalue weighted by Gasteiger charge is -2.10. The summed E-state index contributed by atoms with van der Waals surface area (Å²) in [6, 6.07) is 11.8. The van der Waals surface area contributed by atoms with Crippen LogP contribution in [0.2, 0.25) is 0 Å². The van der Waals surface area contributed by atoms with Crippen molar-refractivity contribution in [2.75, 3.05) is 0 Å². The Morgan fingerprint density at radius 2 is 1.75 bits per heavy atom. The van der Waals surface area contributed by atoms with Crippen molar-refractivity contribution in [2.24, 2.45) is 0 Å². The van der Waals surface area contributed by atoms with Crippen LogP contribution in [0.4, 0.5) is 13.2 Å². The van der Waals surface area contributed by atoms with Gasteiger partial charge in [0.25, 0.3) is 0 Å². The lowest BCUT2D eigenvalue weighted by molar-refractivity contribution is -0.137. The highest BCUT2D eigenvalue weighted by Gasteiger charge is 2.29. The molecule has 0 radical (unpaired) electrons. The maximum absolute atomic E-state index is 12.5. The van der Waals surface area contributed by atoms with E-state index >= 15 is 0 Å². The van der Waals surface area contributed by atoms with Crippen LogP contribution >= 0.6 is 0 Å². The maximum Gasteiger partial charge on any atom is 0.416 e. The summed E-state index contributed by atoms with van der Waals surface area (Å²) in [5, 5.41) is 0. The first-order valence-corrected chi connectivity index (χ1v) is 9.65. The number of rotatable bonds is 6. The number of terminal acetylenes is 1. The molecule has 2 aromatic rings. The van der Waals surface area contributed by atoms with Crippen molar-refractivity contribution in [3.63, 3.8) is 0 Å². The Balaban J connectivity index is 1.80. The number of halogens is 3. The van der Waals surface area contributed by atoms with Crippen LogP contribution in [0, 0.1) is 31.1 Å². The van der Waals surface area contributed by atoms with Gasteiger partial charge in [0.2, 0.25) is 0 Å². The fraction of sp³-hybridized carbons (Fsp3) is 0.273. The monoisotopic (exact) mass is 404 g/mol. The molecule has 0 aliphatic heterocycles. The summed E-state index contributed by atoms with van der Waals surface area (Å²) in [5.41, 5.74) is 0.868. The van der Waals surface area contributed by atoms with E-state index in [4.69, 9.17) is 10.6 Å². The predicted octanol–water partition coefficient (Wildman–Crippen LogP) is 5.28. The highest BCUT2D eigenvalue weighted by Crippen LogP contribution is 2.28. The molecule has 0 aromatic heterocycles. The first-order chi connectivity index (χ1) is 13.3. The van der Waals surface area contributed by atoms with Gasteiger partial charge in [0, 0.05) is 12.0 Å². The lowest BCUT2D eigenvalue weighted by atomic mass is 10.1. The Labute approximate surface area is 165 Å². The van der Waals surface area contributed by atoms with Gasteiger partial charge >= 0.3 is 6.18 Å². The molecule has 28 heavy (non-hydrogen) atoms. The van der Waals surface area contributed by atoms with Gasteiger partial charge < -0.3 is 0 Å². The van der Waals surface area contributed by atoms with Gasteiger partial charge in [-0.25, -0.2) is 4.21 Å². The molecule has 0 spiro atoms. The summed E-state index contributed by atoms with van der Waals surface area (Å²) in [7, 11) is 0. The Morgan fingerprint density at radius 1 is 1.11 bits per heavy atom. The third-order valence-corrected chi connectivity index (χ3v) is 4.88. The van der Waals surface area contributed by atoms with Gasteiger partial charge in [-0.15, -0.1) is 6.42 Å². The largest absolute Gasteiger partial charge is 0.416 e. The van der Waals surface area contributed by atoms with Crippen LogP contribution in [0.1, 0.15) is 36.0 Å². The van der Waals surface area contributed by atoms with Gasteiger partial charge in [-0.05, 0) is 56.2 Å². The molecule has 2 atom stereocenters. The summed E-state index contributed by atoms with van der Waals surface area (Å²) in [5.74, 6) is 8.19. The van der Waals surface area contributed by atoms with Crippen molar-refractivity contribution in [1.29, 1.82) is 0 Å². The molecule has 2 nitrogen and oxygen atoms in total. The second kappa shape index (κ2) is 10.1. The van der Waals surface area contributed by atoms with Crippen molar-refractivity contribution < 1.29 is 21.6 Å². The average molecular weight is 404 g/mol. The highest BCUT2D eigenvalue weighted by molar-refractivity contribution is 7.80. The molecule has 0 saturated carbocycles. The van der Waals surface area contributed by atoms with Crippen LogP contribution in [0.3, 0.4) is 0 Å². The first-order valence-electron chi connectivity index (χ1n) is 8.57. The topological polar surface area (TPSA) is 26.3 Å². The summed E-state index contributed by atoms with van der Waals surface area (Å²) in [6.07, 6.45) is 2.09. The van der Waals surface area contributed by atoms with Crippen molar-refractivity contribution in [1.82, 2.24) is 0 Å². The lowest BCUT2D eigenvalue weighted by Crippen LogP contribution is -2.12. The molecule has 0 bridgehead atoms. The van der Waals surface area contributed by atoms with Gasteiger partial charge in [-0.1, -0.05) is 35.5 Å². The zero-order chi connectivity index (χ0) is 20.6. The van der Waals surface area contributed by atoms with Crippen LogP contribution < -0.4 is 0 Å². The van der Waals surface area contributed by atoms with Gasteiger partial charge in [0.05, 0.1) is 10.5 Å². The summed E-state index contributed by atoms with van der Waals surface area (Å²) < 4.78 is 55.1. The fourth-order valence-corrected chi connectivity index (χ4v) is 3.08. The Bertz CT molecular complexity index is 899. The number of alkyl halides is 3. The first kappa shape index (κ1) is 21.8. The van der Waals surface area contributed by atoms with E-state index in [9.17, 15) is 17.4 Å². The Morgan fingerprint density at radius 3 is 2.32 bits per heavy atom. The molecular formula is C22H19F3O2S. The molecule has 0 aliphatic rings. The average Bonchev–Trinajstić information content (AvgIpc) is 2.67. The van der Waals surface area contributed by atoms with Crippen molar-refractivity contribution >= 4 is 11.1 Å². The second-order valence-electron chi connectivity index (χ2n) is 6.07. The zero-order valence-electron chi connectivity index (χ0n) is 15.3. The van der Waals surface area contributed by atoms with Crippen molar-refractivity contribution in [2.45, 2.75) is 43.4 Å². The minimum absolute atomic E-state index is 0.482. The molecule has 0 saturated heterocycles. The van der Waals surface area contributed by atoms with Crippen molar-refractivity contribution in [3.8, 4) is 24.2 Å². The van der Waals surface area contributed by atoms with E-state index < -0.39 is 28.9 Å². The van der Waals surface area contributed by atoms with E-state index in [1.54, 1.807) is 12.1 Å². The van der Waals surface area contributed by atoms with Crippen LogP contribution in [-0.2, 0) is 21.4 Å². The molecule has 146 valence electrons. The quantitative estimate of drug-likeness (QED) is 0.484. The maximum atomic E-state index is 12.5. The van der Waals surface area contributed by atoms with Crippen molar-refractivity contribution in [3.05, 3.63) is 65.2 Å². The highest BCUT2D eigenvalue weighted by atomic mass is 32.2. The van der Waals surface area contributed by atoms with E-state index in [1.807, 2.05) is 19.1 Å². The van der Waals surface area contributed by atoms with Gasteiger partial charge in [0.1, 0.15) is 6.10 Å². The predicted molar refractivity (Wildman–Crippen MR) is 103 cm³/mol. The van der Waals surface area contributed by atoms with E-state index in [0.29, 0.717) is 29.7 Å². The number of aryl methyl sites for hydroxylation is 1. The smallest absolute Gasteiger partial charge is 0.270 e. The molecule has 6 heteroatoms. The molecule has 0 amide bonds. The number of unbranched alkanes of at least 4 members (excludes halogenated alkanes) is 1. The molecule has 2 rings (SSSR count). The minimum Gasteiger partial charge on any atom is -0.270 e. The molecule has 0 heterocycles. The summed E-state index contributed by atoms with van der Waals surface area (Å²) >= 11 is -1.64. The van der Waals surface area contributed by atoms with Crippen LogP contribution in [0.25, 0.3) is 0 Å².